The van der Waals surface area contributed by atoms with Gasteiger partial charge in [0.25, 0.3) is 5.56 Å². The monoisotopic (exact) mass is 344 g/mol. The number of aryl methyl sites for hydroxylation is 2. The summed E-state index contributed by atoms with van der Waals surface area (Å²) in [4.78, 5) is 16.6. The van der Waals surface area contributed by atoms with Gasteiger partial charge in [0.05, 0.1) is 11.4 Å². The van der Waals surface area contributed by atoms with Crippen molar-refractivity contribution in [2.24, 2.45) is 0 Å². The van der Waals surface area contributed by atoms with E-state index < -0.39 is 0 Å². The third kappa shape index (κ3) is 3.74. The molecule has 1 aromatic carbocycles. The molecule has 1 N–H and O–H groups in total. The maximum atomic E-state index is 13.3. The molecule has 134 valence electrons. The highest BCUT2D eigenvalue weighted by atomic mass is 19.1. The Hall–Kier alpha value is -2.21. The van der Waals surface area contributed by atoms with Gasteiger partial charge < -0.3 is 4.90 Å². The normalized spacial score (nSPS) is 15.6. The number of H-pyrrole nitrogens is 1. The number of nitrogens with zero attached hydrogens (tertiary/aromatic N) is 3. The fourth-order valence-corrected chi connectivity index (χ4v) is 3.45. The summed E-state index contributed by atoms with van der Waals surface area (Å²) >= 11 is 0. The molecule has 0 radical (unpaired) electrons. The van der Waals surface area contributed by atoms with E-state index >= 15 is 0 Å². The largest absolute Gasteiger partial charge is 0.367 e. The van der Waals surface area contributed by atoms with Crippen molar-refractivity contribution in [3.05, 3.63) is 56.8 Å². The fourth-order valence-electron chi connectivity index (χ4n) is 3.45. The fraction of sp³-hybridized carbons (Fsp3) is 0.474. The number of anilines is 1. The number of aromatic nitrogens is 2. The van der Waals surface area contributed by atoms with Crippen LogP contribution in [0.3, 0.4) is 0 Å². The van der Waals surface area contributed by atoms with Crippen LogP contribution in [-0.4, -0.2) is 41.3 Å². The molecule has 1 aromatic heterocycles. The van der Waals surface area contributed by atoms with Gasteiger partial charge in [-0.25, -0.2) is 9.49 Å². The number of halogens is 1. The van der Waals surface area contributed by atoms with Gasteiger partial charge in [-0.3, -0.25) is 9.69 Å². The summed E-state index contributed by atoms with van der Waals surface area (Å²) in [5, 5.41) is 6.79. The van der Waals surface area contributed by atoms with Crippen molar-refractivity contribution in [2.75, 3.05) is 31.1 Å². The van der Waals surface area contributed by atoms with Gasteiger partial charge in [-0.2, -0.15) is 5.10 Å². The maximum Gasteiger partial charge on any atom is 0.269 e. The Morgan fingerprint density at radius 2 is 1.92 bits per heavy atom. The molecule has 25 heavy (non-hydrogen) atoms. The Bertz CT molecular complexity index is 810. The molecule has 1 aliphatic rings. The standard InChI is InChI=1S/C19H25FN4O/c1-4-17-18(14(3)19(25)22-21-17)24-9-7-23(8-10-24)12-15-5-6-16(20)11-13(15)2/h5-6,11H,4,7-10,12H2,1-3H3,(H,22,25). The van der Waals surface area contributed by atoms with E-state index in [1.165, 1.54) is 6.07 Å². The van der Waals surface area contributed by atoms with Crippen LogP contribution in [0.2, 0.25) is 0 Å². The summed E-state index contributed by atoms with van der Waals surface area (Å²) < 4.78 is 13.3. The van der Waals surface area contributed by atoms with Crippen LogP contribution in [0, 0.1) is 19.7 Å². The molecule has 0 amide bonds. The molecule has 6 heteroatoms. The van der Waals surface area contributed by atoms with E-state index in [2.05, 4.69) is 26.9 Å². The van der Waals surface area contributed by atoms with Crippen LogP contribution in [0.5, 0.6) is 0 Å². The maximum absolute atomic E-state index is 13.3. The van der Waals surface area contributed by atoms with Gasteiger partial charge in [-0.15, -0.1) is 0 Å². The van der Waals surface area contributed by atoms with Crippen molar-refractivity contribution < 1.29 is 4.39 Å². The van der Waals surface area contributed by atoms with E-state index in [0.29, 0.717) is 0 Å². The van der Waals surface area contributed by atoms with Crippen molar-refractivity contribution in [3.8, 4) is 0 Å². The zero-order valence-electron chi connectivity index (χ0n) is 15.1. The van der Waals surface area contributed by atoms with E-state index in [1.807, 2.05) is 19.9 Å². The smallest absolute Gasteiger partial charge is 0.269 e. The number of rotatable bonds is 4. The Labute approximate surface area is 147 Å². The predicted octanol–water partition coefficient (Wildman–Crippen LogP) is 2.41. The molecule has 1 fully saturated rings. The molecule has 1 saturated heterocycles. The number of hydrogen-bond donors (Lipinski definition) is 1. The average molecular weight is 344 g/mol. The van der Waals surface area contributed by atoms with Gasteiger partial charge in [-0.1, -0.05) is 13.0 Å². The van der Waals surface area contributed by atoms with Crippen molar-refractivity contribution in [1.82, 2.24) is 15.1 Å². The summed E-state index contributed by atoms with van der Waals surface area (Å²) in [6.45, 7) is 10.2. The zero-order valence-corrected chi connectivity index (χ0v) is 15.1. The van der Waals surface area contributed by atoms with E-state index in [-0.39, 0.29) is 11.4 Å². The van der Waals surface area contributed by atoms with Crippen molar-refractivity contribution in [2.45, 2.75) is 33.7 Å². The summed E-state index contributed by atoms with van der Waals surface area (Å²) in [7, 11) is 0. The summed E-state index contributed by atoms with van der Waals surface area (Å²) in [5.41, 5.74) is 4.72. The molecule has 0 atom stereocenters. The highest BCUT2D eigenvalue weighted by Gasteiger charge is 2.22. The van der Waals surface area contributed by atoms with Gasteiger partial charge in [-0.05, 0) is 43.5 Å². The number of nitrogens with one attached hydrogen (secondary N) is 1. The first-order valence-electron chi connectivity index (χ1n) is 8.80. The van der Waals surface area contributed by atoms with Crippen molar-refractivity contribution >= 4 is 5.69 Å². The number of benzene rings is 1. The van der Waals surface area contributed by atoms with Crippen LogP contribution >= 0.6 is 0 Å². The number of aromatic amines is 1. The molecular weight excluding hydrogens is 319 g/mol. The highest BCUT2D eigenvalue weighted by molar-refractivity contribution is 5.56. The molecule has 0 saturated carbocycles. The third-order valence-electron chi connectivity index (χ3n) is 4.98. The van der Waals surface area contributed by atoms with E-state index in [1.54, 1.807) is 6.07 Å². The van der Waals surface area contributed by atoms with E-state index in [4.69, 9.17) is 0 Å². The lowest BCUT2D eigenvalue weighted by molar-refractivity contribution is 0.249. The summed E-state index contributed by atoms with van der Waals surface area (Å²) in [6, 6.07) is 4.98. The Morgan fingerprint density at radius 1 is 1.20 bits per heavy atom. The summed E-state index contributed by atoms with van der Waals surface area (Å²) in [5.74, 6) is -0.185. The zero-order chi connectivity index (χ0) is 18.0. The Kier molecular flexibility index (Phi) is 5.18. The average Bonchev–Trinajstić information content (AvgIpc) is 2.60. The second kappa shape index (κ2) is 7.35. The van der Waals surface area contributed by atoms with Gasteiger partial charge in [0, 0.05) is 38.3 Å². The first-order valence-corrected chi connectivity index (χ1v) is 8.80. The molecule has 0 unspecified atom stereocenters. The van der Waals surface area contributed by atoms with Crippen molar-refractivity contribution in [1.29, 1.82) is 0 Å². The molecule has 0 spiro atoms. The highest BCUT2D eigenvalue weighted by Crippen LogP contribution is 2.23. The van der Waals surface area contributed by atoms with Gasteiger partial charge in [0.15, 0.2) is 0 Å². The lowest BCUT2D eigenvalue weighted by atomic mass is 10.1. The van der Waals surface area contributed by atoms with E-state index in [0.717, 1.165) is 67.2 Å². The van der Waals surface area contributed by atoms with Gasteiger partial charge in [0.1, 0.15) is 5.82 Å². The third-order valence-corrected chi connectivity index (χ3v) is 4.98. The molecule has 0 bridgehead atoms. The SMILES string of the molecule is CCc1n[nH]c(=O)c(C)c1N1CCN(Cc2ccc(F)cc2C)CC1. The van der Waals surface area contributed by atoms with Gasteiger partial charge in [0.2, 0.25) is 0 Å². The van der Waals surface area contributed by atoms with Crippen LogP contribution in [0.1, 0.15) is 29.3 Å². The molecule has 2 aromatic rings. The van der Waals surface area contributed by atoms with Crippen LogP contribution in [-0.2, 0) is 13.0 Å². The minimum absolute atomic E-state index is 0.114. The van der Waals surface area contributed by atoms with E-state index in [9.17, 15) is 9.18 Å². The number of hydrogen-bond acceptors (Lipinski definition) is 4. The quantitative estimate of drug-likeness (QED) is 0.925. The molecule has 1 aliphatic heterocycles. The molecule has 3 rings (SSSR count). The molecule has 5 nitrogen and oxygen atoms in total. The first-order chi connectivity index (χ1) is 12.0. The van der Waals surface area contributed by atoms with Crippen LogP contribution in [0.4, 0.5) is 10.1 Å². The second-order valence-corrected chi connectivity index (χ2v) is 6.66. The molecule has 2 heterocycles. The lowest BCUT2D eigenvalue weighted by Gasteiger charge is -2.37. The Balaban J connectivity index is 1.70. The van der Waals surface area contributed by atoms with Gasteiger partial charge >= 0.3 is 0 Å². The molecular formula is C19H25FN4O. The van der Waals surface area contributed by atoms with Crippen molar-refractivity contribution in [3.63, 3.8) is 0 Å². The Morgan fingerprint density at radius 3 is 2.56 bits per heavy atom. The summed E-state index contributed by atoms with van der Waals surface area (Å²) in [6.07, 6.45) is 0.794. The van der Waals surface area contributed by atoms with Crippen LogP contribution < -0.4 is 10.5 Å². The second-order valence-electron chi connectivity index (χ2n) is 6.66. The minimum atomic E-state index is -0.185. The van der Waals surface area contributed by atoms with Crippen LogP contribution in [0.25, 0.3) is 0 Å². The first kappa shape index (κ1) is 17.6. The minimum Gasteiger partial charge on any atom is -0.367 e. The lowest BCUT2D eigenvalue weighted by Crippen LogP contribution is -2.47. The molecule has 0 aliphatic carbocycles. The topological polar surface area (TPSA) is 52.2 Å². The predicted molar refractivity (Wildman–Crippen MR) is 97.6 cm³/mol. The number of piperazine rings is 1. The van der Waals surface area contributed by atoms with Crippen LogP contribution in [0.15, 0.2) is 23.0 Å².